The van der Waals surface area contributed by atoms with Gasteiger partial charge < -0.3 is 10.1 Å². The Morgan fingerprint density at radius 3 is 3.00 bits per heavy atom. The summed E-state index contributed by atoms with van der Waals surface area (Å²) in [5, 5.41) is 3.23. The summed E-state index contributed by atoms with van der Waals surface area (Å²) in [7, 11) is 0. The minimum Gasteiger partial charge on any atom is -0.484 e. The van der Waals surface area contributed by atoms with Gasteiger partial charge in [-0.15, -0.1) is 0 Å². The fraction of sp³-hybridized carbons (Fsp3) is 0.300. The zero-order chi connectivity index (χ0) is 10.4. The molecule has 1 N–H and O–H groups in total. The van der Waals surface area contributed by atoms with Crippen LogP contribution in [0, 0.1) is 0 Å². The smallest absolute Gasteiger partial charge is 0.257 e. The van der Waals surface area contributed by atoms with Gasteiger partial charge in [0, 0.05) is 11.6 Å². The summed E-state index contributed by atoms with van der Waals surface area (Å²) in [5.74, 6) is 0.469. The SMILES string of the molecule is CCNC(=O)COc1cccc(Cl)c1. The van der Waals surface area contributed by atoms with Crippen molar-refractivity contribution in [1.29, 1.82) is 0 Å². The van der Waals surface area contributed by atoms with Crippen LogP contribution >= 0.6 is 11.6 Å². The van der Waals surface area contributed by atoms with Crippen LogP contribution in [0.2, 0.25) is 5.02 Å². The molecule has 0 aliphatic rings. The van der Waals surface area contributed by atoms with Crippen LogP contribution in [0.15, 0.2) is 24.3 Å². The lowest BCUT2D eigenvalue weighted by molar-refractivity contribution is -0.122. The van der Waals surface area contributed by atoms with E-state index in [1.165, 1.54) is 0 Å². The van der Waals surface area contributed by atoms with Gasteiger partial charge in [-0.2, -0.15) is 0 Å². The van der Waals surface area contributed by atoms with E-state index in [0.29, 0.717) is 17.3 Å². The number of carbonyl (C=O) groups is 1. The molecule has 1 aromatic rings. The van der Waals surface area contributed by atoms with Crippen LogP contribution in [0.4, 0.5) is 0 Å². The van der Waals surface area contributed by atoms with Gasteiger partial charge in [0.1, 0.15) is 5.75 Å². The molecule has 0 aliphatic carbocycles. The molecule has 0 spiro atoms. The molecule has 0 heterocycles. The summed E-state index contributed by atoms with van der Waals surface area (Å²) in [6, 6.07) is 6.95. The van der Waals surface area contributed by atoms with E-state index >= 15 is 0 Å². The summed E-state index contributed by atoms with van der Waals surface area (Å²) in [5.41, 5.74) is 0. The molecule has 76 valence electrons. The zero-order valence-corrected chi connectivity index (χ0v) is 8.67. The van der Waals surface area contributed by atoms with E-state index in [4.69, 9.17) is 16.3 Å². The summed E-state index contributed by atoms with van der Waals surface area (Å²) >= 11 is 5.74. The van der Waals surface area contributed by atoms with Gasteiger partial charge in [0.05, 0.1) is 0 Å². The first-order valence-corrected chi connectivity index (χ1v) is 4.75. The number of ether oxygens (including phenoxy) is 1. The molecule has 0 unspecified atom stereocenters. The number of nitrogens with one attached hydrogen (secondary N) is 1. The van der Waals surface area contributed by atoms with Crippen molar-refractivity contribution in [1.82, 2.24) is 5.32 Å². The minimum absolute atomic E-state index is 0.0220. The van der Waals surface area contributed by atoms with E-state index in [2.05, 4.69) is 5.32 Å². The molecule has 3 nitrogen and oxygen atoms in total. The molecule has 14 heavy (non-hydrogen) atoms. The van der Waals surface area contributed by atoms with Crippen molar-refractivity contribution < 1.29 is 9.53 Å². The van der Waals surface area contributed by atoms with E-state index in [9.17, 15) is 4.79 Å². The number of hydrogen-bond acceptors (Lipinski definition) is 2. The van der Waals surface area contributed by atoms with E-state index in [0.717, 1.165) is 0 Å². The van der Waals surface area contributed by atoms with E-state index < -0.39 is 0 Å². The summed E-state index contributed by atoms with van der Waals surface area (Å²) < 4.78 is 5.20. The molecule has 0 radical (unpaired) electrons. The number of likely N-dealkylation sites (N-methyl/N-ethyl adjacent to an activating group) is 1. The van der Waals surface area contributed by atoms with Crippen LogP contribution in [0.5, 0.6) is 5.75 Å². The van der Waals surface area contributed by atoms with Crippen molar-refractivity contribution >= 4 is 17.5 Å². The van der Waals surface area contributed by atoms with Crippen LogP contribution in [0.3, 0.4) is 0 Å². The van der Waals surface area contributed by atoms with Crippen LogP contribution in [0.1, 0.15) is 6.92 Å². The minimum atomic E-state index is -0.132. The normalized spacial score (nSPS) is 9.57. The summed E-state index contributed by atoms with van der Waals surface area (Å²) in [4.78, 5) is 11.0. The molecule has 0 atom stereocenters. The lowest BCUT2D eigenvalue weighted by Crippen LogP contribution is -2.28. The summed E-state index contributed by atoms with van der Waals surface area (Å²) in [6.07, 6.45) is 0. The van der Waals surface area contributed by atoms with Gasteiger partial charge in [-0.3, -0.25) is 4.79 Å². The molecular weight excluding hydrogens is 202 g/mol. The second kappa shape index (κ2) is 5.50. The Morgan fingerprint density at radius 2 is 2.36 bits per heavy atom. The maximum atomic E-state index is 11.0. The van der Waals surface area contributed by atoms with Gasteiger partial charge in [0.25, 0.3) is 5.91 Å². The van der Waals surface area contributed by atoms with Gasteiger partial charge >= 0.3 is 0 Å². The van der Waals surface area contributed by atoms with E-state index in [-0.39, 0.29) is 12.5 Å². The van der Waals surface area contributed by atoms with Gasteiger partial charge in [0.15, 0.2) is 6.61 Å². The largest absolute Gasteiger partial charge is 0.484 e. The van der Waals surface area contributed by atoms with Crippen molar-refractivity contribution in [3.63, 3.8) is 0 Å². The predicted molar refractivity (Wildman–Crippen MR) is 55.6 cm³/mol. The highest BCUT2D eigenvalue weighted by Gasteiger charge is 2.00. The maximum Gasteiger partial charge on any atom is 0.257 e. The first-order chi connectivity index (χ1) is 6.72. The highest BCUT2D eigenvalue weighted by molar-refractivity contribution is 6.30. The fourth-order valence-electron chi connectivity index (χ4n) is 0.954. The molecule has 1 rings (SSSR count). The third-order valence-corrected chi connectivity index (χ3v) is 1.78. The van der Waals surface area contributed by atoms with Gasteiger partial charge in [-0.25, -0.2) is 0 Å². The van der Waals surface area contributed by atoms with Crippen LogP contribution in [0.25, 0.3) is 0 Å². The first kappa shape index (κ1) is 10.9. The molecule has 0 bridgehead atoms. The molecule has 4 heteroatoms. The summed E-state index contributed by atoms with van der Waals surface area (Å²) in [6.45, 7) is 2.49. The first-order valence-electron chi connectivity index (χ1n) is 4.37. The third-order valence-electron chi connectivity index (χ3n) is 1.54. The Hall–Kier alpha value is -1.22. The quantitative estimate of drug-likeness (QED) is 0.829. The van der Waals surface area contributed by atoms with E-state index in [1.807, 2.05) is 6.92 Å². The number of rotatable bonds is 4. The van der Waals surface area contributed by atoms with Gasteiger partial charge in [0.2, 0.25) is 0 Å². The standard InChI is InChI=1S/C10H12ClNO2/c1-2-12-10(13)7-14-9-5-3-4-8(11)6-9/h3-6H,2,7H2,1H3,(H,12,13). The zero-order valence-electron chi connectivity index (χ0n) is 7.92. The third kappa shape index (κ3) is 3.66. The van der Waals surface area contributed by atoms with Crippen molar-refractivity contribution in [2.24, 2.45) is 0 Å². The number of benzene rings is 1. The van der Waals surface area contributed by atoms with Crippen molar-refractivity contribution in [3.05, 3.63) is 29.3 Å². The Labute approximate surface area is 88.0 Å². The monoisotopic (exact) mass is 213 g/mol. The van der Waals surface area contributed by atoms with Crippen LogP contribution in [-0.2, 0) is 4.79 Å². The lowest BCUT2D eigenvalue weighted by Gasteiger charge is -2.05. The van der Waals surface area contributed by atoms with Gasteiger partial charge in [-0.05, 0) is 25.1 Å². The molecule has 0 aliphatic heterocycles. The highest BCUT2D eigenvalue weighted by atomic mass is 35.5. The topological polar surface area (TPSA) is 38.3 Å². The second-order valence-electron chi connectivity index (χ2n) is 2.70. The number of amides is 1. The second-order valence-corrected chi connectivity index (χ2v) is 3.14. The van der Waals surface area contributed by atoms with Crippen LogP contribution in [-0.4, -0.2) is 19.1 Å². The van der Waals surface area contributed by atoms with E-state index in [1.54, 1.807) is 24.3 Å². The molecular formula is C10H12ClNO2. The fourth-order valence-corrected chi connectivity index (χ4v) is 1.13. The average Bonchev–Trinajstić information content (AvgIpc) is 2.15. The lowest BCUT2D eigenvalue weighted by atomic mass is 10.3. The Kier molecular flexibility index (Phi) is 4.26. The predicted octanol–water partition coefficient (Wildman–Crippen LogP) is 1.85. The average molecular weight is 214 g/mol. The Balaban J connectivity index is 2.41. The molecule has 0 fully saturated rings. The Morgan fingerprint density at radius 1 is 1.57 bits per heavy atom. The molecule has 0 saturated carbocycles. The maximum absolute atomic E-state index is 11.0. The molecule has 1 amide bonds. The number of carbonyl (C=O) groups excluding carboxylic acids is 1. The van der Waals surface area contributed by atoms with Crippen molar-refractivity contribution in [2.45, 2.75) is 6.92 Å². The molecule has 0 aromatic heterocycles. The highest BCUT2D eigenvalue weighted by Crippen LogP contribution is 2.16. The van der Waals surface area contributed by atoms with Crippen LogP contribution < -0.4 is 10.1 Å². The van der Waals surface area contributed by atoms with Crippen molar-refractivity contribution in [2.75, 3.05) is 13.2 Å². The number of hydrogen-bond donors (Lipinski definition) is 1. The van der Waals surface area contributed by atoms with Crippen molar-refractivity contribution in [3.8, 4) is 5.75 Å². The molecule has 0 saturated heterocycles. The Bertz CT molecular complexity index is 315. The van der Waals surface area contributed by atoms with Gasteiger partial charge in [-0.1, -0.05) is 17.7 Å². The molecule has 1 aromatic carbocycles. The number of halogens is 1.